The van der Waals surface area contributed by atoms with E-state index in [1.54, 1.807) is 0 Å². The van der Waals surface area contributed by atoms with Crippen molar-refractivity contribution in [3.63, 3.8) is 0 Å². The number of aliphatic hydroxyl groups excluding tert-OH is 1. The largest absolute Gasteiger partial charge is 0.511 e. The Labute approximate surface area is 236 Å². The zero-order valence-corrected chi connectivity index (χ0v) is 25.0. The van der Waals surface area contributed by atoms with Crippen molar-refractivity contribution >= 4 is 16.7 Å². The predicted octanol–water partition coefficient (Wildman–Crippen LogP) is 8.88. The topological polar surface area (TPSA) is 50.2 Å². The van der Waals surface area contributed by atoms with Gasteiger partial charge in [0, 0.05) is 36.5 Å². The van der Waals surface area contributed by atoms with Gasteiger partial charge in [0.05, 0.1) is 5.52 Å². The number of allylic oxidation sites excluding steroid dienone is 2. The Morgan fingerprint density at radius 3 is 2.11 bits per heavy atom. The number of rotatable bonds is 5. The van der Waals surface area contributed by atoms with Gasteiger partial charge in [-0.15, -0.1) is 35.9 Å². The molecule has 3 aromatic rings. The number of para-hydroxylation sites is 1. The van der Waals surface area contributed by atoms with Crippen molar-refractivity contribution in [1.29, 1.82) is 0 Å². The number of fused-ring (bicyclic) bond motifs is 2. The number of aliphatic hydroxyl groups is 1. The molecule has 37 heavy (non-hydrogen) atoms. The van der Waals surface area contributed by atoms with Gasteiger partial charge in [0.25, 0.3) is 0 Å². The third kappa shape index (κ3) is 5.61. The van der Waals surface area contributed by atoms with Gasteiger partial charge in [0.2, 0.25) is 0 Å². The van der Waals surface area contributed by atoms with Gasteiger partial charge in [-0.2, -0.15) is 0 Å². The maximum atomic E-state index is 13.1. The monoisotopic (exact) mass is 675 g/mol. The standard InChI is InChI=1S/C18H30O2.C15H10N.Ir/c1-5-17(6-2)11-9-13-10-12-18(7-3,8-4)16(20)14(13)15(17)19;1-2-6-12(7-3-1)15-11-10-13-8-4-5-9-14(13)16-15;/h13,19H,5-12H2,1-4H3;1-6,8-11H;/q;-1;. The van der Waals surface area contributed by atoms with Crippen molar-refractivity contribution in [2.24, 2.45) is 16.7 Å². The van der Waals surface area contributed by atoms with Crippen LogP contribution in [0.5, 0.6) is 0 Å². The predicted molar refractivity (Wildman–Crippen MR) is 149 cm³/mol. The number of ketones is 1. The molecule has 1 N–H and O–H groups in total. The van der Waals surface area contributed by atoms with Gasteiger partial charge in [-0.1, -0.05) is 58.0 Å². The Morgan fingerprint density at radius 2 is 1.49 bits per heavy atom. The quantitative estimate of drug-likeness (QED) is 0.275. The first-order valence-electron chi connectivity index (χ1n) is 13.7. The van der Waals surface area contributed by atoms with E-state index in [1.807, 2.05) is 48.5 Å². The normalized spacial score (nSPS) is 19.9. The first-order valence-corrected chi connectivity index (χ1v) is 13.7. The molecule has 1 heterocycles. The maximum Gasteiger partial charge on any atom is 0.168 e. The average Bonchev–Trinajstić information content (AvgIpc) is 2.94. The van der Waals surface area contributed by atoms with E-state index in [-0.39, 0.29) is 36.7 Å². The van der Waals surface area contributed by atoms with Gasteiger partial charge in [-0.25, -0.2) is 0 Å². The van der Waals surface area contributed by atoms with Gasteiger partial charge in [0.1, 0.15) is 5.76 Å². The van der Waals surface area contributed by atoms with Gasteiger partial charge in [0.15, 0.2) is 5.78 Å². The molecule has 1 radical (unpaired) electrons. The number of hydrogen-bond acceptors (Lipinski definition) is 3. The fraction of sp³-hybridized carbons (Fsp3) is 0.455. The fourth-order valence-corrected chi connectivity index (χ4v) is 6.26. The molecule has 2 aromatic carbocycles. The molecule has 1 unspecified atom stereocenters. The third-order valence-electron chi connectivity index (χ3n) is 9.13. The molecule has 1 aromatic heterocycles. The Balaban J connectivity index is 0.000000204. The van der Waals surface area contributed by atoms with Gasteiger partial charge in [-0.05, 0) is 74.4 Å². The number of hydrogen-bond donors (Lipinski definition) is 1. The minimum atomic E-state index is -0.204. The van der Waals surface area contributed by atoms with Crippen LogP contribution in [0.2, 0.25) is 0 Å². The van der Waals surface area contributed by atoms with Crippen LogP contribution in [-0.4, -0.2) is 15.9 Å². The summed E-state index contributed by atoms with van der Waals surface area (Å²) >= 11 is 0. The first-order chi connectivity index (χ1) is 17.4. The molecule has 0 aliphatic heterocycles. The van der Waals surface area contributed by atoms with Crippen molar-refractivity contribution in [3.05, 3.63) is 78.1 Å². The molecule has 199 valence electrons. The van der Waals surface area contributed by atoms with Crippen LogP contribution in [0.1, 0.15) is 79.1 Å². The first kappa shape index (κ1) is 29.3. The molecule has 4 heteroatoms. The minimum Gasteiger partial charge on any atom is -0.511 e. The summed E-state index contributed by atoms with van der Waals surface area (Å²) in [5.74, 6) is 1.04. The molecule has 5 rings (SSSR count). The summed E-state index contributed by atoms with van der Waals surface area (Å²) < 4.78 is 0. The van der Waals surface area contributed by atoms with E-state index < -0.39 is 0 Å². The number of carbonyl (C=O) groups is 1. The molecule has 1 saturated carbocycles. The van der Waals surface area contributed by atoms with E-state index in [1.165, 1.54) is 5.39 Å². The van der Waals surface area contributed by atoms with Gasteiger partial charge >= 0.3 is 0 Å². The van der Waals surface area contributed by atoms with Crippen molar-refractivity contribution in [2.45, 2.75) is 79.1 Å². The molecular formula is C33H40IrNO2-. The molecule has 0 saturated heterocycles. The summed E-state index contributed by atoms with van der Waals surface area (Å²) in [7, 11) is 0. The molecule has 0 amide bonds. The van der Waals surface area contributed by atoms with Crippen LogP contribution in [0.4, 0.5) is 0 Å². The van der Waals surface area contributed by atoms with Crippen molar-refractivity contribution in [2.75, 3.05) is 0 Å². The SMILES string of the molecule is CCC1(CC)CCC2CCC(CC)(CC)C(O)=C2C1=O.[Ir].[c-]1ccccc1-c1ccc2ccccc2n1. The Kier molecular flexibility index (Phi) is 9.89. The number of benzene rings is 2. The summed E-state index contributed by atoms with van der Waals surface area (Å²) in [6.45, 7) is 8.52. The fourth-order valence-electron chi connectivity index (χ4n) is 6.26. The third-order valence-corrected chi connectivity index (χ3v) is 9.13. The summed E-state index contributed by atoms with van der Waals surface area (Å²) in [5.41, 5.74) is 3.51. The minimum absolute atomic E-state index is 0. The number of carbonyl (C=O) groups excluding carboxylic acids is 1. The van der Waals surface area contributed by atoms with Crippen molar-refractivity contribution < 1.29 is 30.0 Å². The Bertz CT molecular complexity index is 1230. The molecule has 1 fully saturated rings. The smallest absolute Gasteiger partial charge is 0.168 e. The second-order valence-corrected chi connectivity index (χ2v) is 10.5. The van der Waals surface area contributed by atoms with Crippen LogP contribution in [0.15, 0.2) is 72.0 Å². The zero-order chi connectivity index (χ0) is 25.8. The van der Waals surface area contributed by atoms with Crippen LogP contribution in [0, 0.1) is 22.8 Å². The van der Waals surface area contributed by atoms with Gasteiger partial charge in [-0.3, -0.25) is 9.78 Å². The van der Waals surface area contributed by atoms with Crippen LogP contribution >= 0.6 is 0 Å². The summed E-state index contributed by atoms with van der Waals surface area (Å²) in [5, 5.41) is 12.0. The Morgan fingerprint density at radius 1 is 0.865 bits per heavy atom. The van der Waals surface area contributed by atoms with Gasteiger partial charge < -0.3 is 5.11 Å². The molecular weight excluding hydrogens is 635 g/mol. The van der Waals surface area contributed by atoms with E-state index >= 15 is 0 Å². The Hall–Kier alpha value is -2.29. The second-order valence-electron chi connectivity index (χ2n) is 10.5. The number of aromatic nitrogens is 1. The molecule has 2 aliphatic carbocycles. The van der Waals surface area contributed by atoms with Crippen molar-refractivity contribution in [3.8, 4) is 11.3 Å². The molecule has 0 bridgehead atoms. The van der Waals surface area contributed by atoms with E-state index in [9.17, 15) is 9.90 Å². The molecule has 0 spiro atoms. The molecule has 1 atom stereocenters. The number of Topliss-reactive ketones (excluding diaryl/α,β-unsaturated/α-hetero) is 1. The van der Waals surface area contributed by atoms with Crippen molar-refractivity contribution in [1.82, 2.24) is 4.98 Å². The molecule has 3 nitrogen and oxygen atoms in total. The number of nitrogens with zero attached hydrogens (tertiary/aromatic N) is 1. The zero-order valence-electron chi connectivity index (χ0n) is 22.6. The van der Waals surface area contributed by atoms with Crippen LogP contribution in [-0.2, 0) is 24.9 Å². The van der Waals surface area contributed by atoms with Crippen LogP contribution in [0.3, 0.4) is 0 Å². The average molecular weight is 675 g/mol. The van der Waals surface area contributed by atoms with E-state index in [2.05, 4.69) is 50.9 Å². The van der Waals surface area contributed by atoms with E-state index in [0.717, 1.165) is 73.7 Å². The summed E-state index contributed by atoms with van der Waals surface area (Å²) in [4.78, 5) is 17.7. The summed E-state index contributed by atoms with van der Waals surface area (Å²) in [6, 6.07) is 23.4. The molecule has 2 aliphatic rings. The van der Waals surface area contributed by atoms with E-state index in [0.29, 0.717) is 11.7 Å². The maximum absolute atomic E-state index is 13.1. The summed E-state index contributed by atoms with van der Waals surface area (Å²) in [6.07, 6.45) is 7.87. The van der Waals surface area contributed by atoms with Crippen LogP contribution in [0.25, 0.3) is 22.2 Å². The second kappa shape index (κ2) is 12.5. The number of pyridine rings is 1. The van der Waals surface area contributed by atoms with E-state index in [4.69, 9.17) is 0 Å². The van der Waals surface area contributed by atoms with Crippen LogP contribution < -0.4 is 0 Å².